The zero-order chi connectivity index (χ0) is 4.12. The second-order valence-corrected chi connectivity index (χ2v) is 0.240. The van der Waals surface area contributed by atoms with Gasteiger partial charge in [-0.05, 0) is 5.53 Å². The molecule has 0 N–H and O–H groups in total. The molecule has 5 heavy (non-hydrogen) atoms. The van der Waals surface area contributed by atoms with E-state index in [0.29, 0.717) is 0 Å². The van der Waals surface area contributed by atoms with Crippen LogP contribution in [-0.4, -0.2) is 0 Å². The summed E-state index contributed by atoms with van der Waals surface area (Å²) in [4.78, 5) is 1.88. The van der Waals surface area contributed by atoms with Gasteiger partial charge < -0.3 is 0 Å². The van der Waals surface area contributed by atoms with Gasteiger partial charge in [-0.25, -0.2) is 5.04 Å². The van der Waals surface area contributed by atoms with Crippen LogP contribution in [0, 0.1) is 0 Å². The van der Waals surface area contributed by atoms with E-state index in [-0.39, 0.29) is 0 Å². The molecule has 0 aromatic heterocycles. The maximum atomic E-state index is 10.1. The van der Waals surface area contributed by atoms with E-state index in [9.17, 15) is 4.53 Å². The van der Waals surface area contributed by atoms with E-state index in [0.717, 1.165) is 0 Å². The van der Waals surface area contributed by atoms with Crippen LogP contribution in [0.3, 0.4) is 0 Å². The molecule has 4 nitrogen and oxygen atoms in total. The molecule has 0 amide bonds. The molecule has 0 saturated heterocycles. The van der Waals surface area contributed by atoms with Crippen LogP contribution in [0.25, 0.3) is 10.4 Å². The Hall–Kier alpha value is -0.960. The van der Waals surface area contributed by atoms with Crippen molar-refractivity contribution < 1.29 is 9.57 Å². The average molecular weight is 77.0 g/mol. The Morgan fingerprint density at radius 1 is 2.00 bits per heavy atom. The van der Waals surface area contributed by atoms with Gasteiger partial charge in [-0.15, -0.1) is 0 Å². The first-order valence-electron chi connectivity index (χ1n) is 0.737. The maximum Gasteiger partial charge on any atom is 0.150 e. The number of halogens is 1. The van der Waals surface area contributed by atoms with Gasteiger partial charge in [0.05, 0.1) is 0 Å². The van der Waals surface area contributed by atoms with Gasteiger partial charge in [0.2, 0.25) is 0 Å². The van der Waals surface area contributed by atoms with Crippen molar-refractivity contribution in [2.75, 3.05) is 0 Å². The van der Waals surface area contributed by atoms with Gasteiger partial charge in [-0.1, -0.05) is 0 Å². The van der Waals surface area contributed by atoms with Crippen LogP contribution in [0.5, 0.6) is 0 Å². The normalized spacial score (nSPS) is 5.00. The van der Waals surface area contributed by atoms with Gasteiger partial charge in [0.1, 0.15) is 5.28 Å². The Labute approximate surface area is 26.6 Å². The molecule has 0 aliphatic rings. The van der Waals surface area contributed by atoms with E-state index in [1.165, 1.54) is 0 Å². The first kappa shape index (κ1) is 4.04. The van der Waals surface area contributed by atoms with Crippen LogP contribution in [0.2, 0.25) is 0 Å². The Bertz CT molecular complexity index is 53.9. The van der Waals surface area contributed by atoms with Crippen molar-refractivity contribution in [2.24, 2.45) is 5.28 Å². The minimum absolute atomic E-state index is 1.88. The summed E-state index contributed by atoms with van der Waals surface area (Å²) >= 11 is 0. The van der Waals surface area contributed by atoms with Crippen LogP contribution in [0.4, 0.5) is 4.53 Å². The number of hydrogen-bond acceptors (Lipinski definition) is 2. The highest BCUT2D eigenvalue weighted by atomic mass is 19.3. The van der Waals surface area contributed by atoms with E-state index >= 15 is 0 Å². The second-order valence-electron chi connectivity index (χ2n) is 0.240. The average Bonchev–Trinajstić information content (AvgIpc) is 1.41. The van der Waals surface area contributed by atoms with Crippen LogP contribution in [0.1, 0.15) is 0 Å². The quantitative estimate of drug-likeness (QED) is 0.200. The van der Waals surface area contributed by atoms with Crippen molar-refractivity contribution in [3.8, 4) is 0 Å². The summed E-state index contributed by atoms with van der Waals surface area (Å²) in [5, 5.41) is 4.39. The summed E-state index contributed by atoms with van der Waals surface area (Å²) in [5.74, 6) is 0. The third kappa shape index (κ3) is 3.04. The second kappa shape index (κ2) is 3.04. The highest BCUT2D eigenvalue weighted by molar-refractivity contribution is 4.26. The lowest BCUT2D eigenvalue weighted by molar-refractivity contribution is -0.134. The van der Waals surface area contributed by atoms with E-state index in [2.05, 4.69) is 5.04 Å². The summed E-state index contributed by atoms with van der Waals surface area (Å²) in [6, 6.07) is 0. The summed E-state index contributed by atoms with van der Waals surface area (Å²) in [6.45, 7) is 0. The minimum atomic E-state index is 1.88. The molecule has 5 heteroatoms. The first-order valence-corrected chi connectivity index (χ1v) is 0.737. The molecule has 0 aliphatic carbocycles. The van der Waals surface area contributed by atoms with E-state index in [4.69, 9.17) is 5.53 Å². The van der Waals surface area contributed by atoms with E-state index in [1.54, 1.807) is 0 Å². The topological polar surface area (TPSA) is 58.0 Å². The first-order chi connectivity index (χ1) is 2.41. The molecule has 0 radical (unpaired) electrons. The van der Waals surface area contributed by atoms with Crippen molar-refractivity contribution in [3.05, 3.63) is 10.4 Å². The molecular weight excluding hydrogens is 77.0 g/mol. The predicted molar refractivity (Wildman–Crippen MR) is 11.3 cm³/mol. The molecule has 0 bridgehead atoms. The smallest absolute Gasteiger partial charge is 0.150 e. The van der Waals surface area contributed by atoms with Crippen molar-refractivity contribution in [1.82, 2.24) is 0 Å². The Morgan fingerprint density at radius 2 is 2.60 bits per heavy atom. The lowest BCUT2D eigenvalue weighted by Crippen LogP contribution is -1.42. The van der Waals surface area contributed by atoms with Crippen molar-refractivity contribution in [3.63, 3.8) is 0 Å². The molecule has 0 atom stereocenters. The molecule has 28 valence electrons. The fraction of sp³-hybridized carbons (Fsp3) is 0. The van der Waals surface area contributed by atoms with Crippen LogP contribution in [0.15, 0.2) is 5.28 Å². The molecule has 0 aromatic carbocycles. The minimum Gasteiger partial charge on any atom is -0.211 e. The lowest BCUT2D eigenvalue weighted by Gasteiger charge is -1.58. The largest absolute Gasteiger partial charge is 0.211 e. The Kier molecular flexibility index (Phi) is 2.46. The summed E-state index contributed by atoms with van der Waals surface area (Å²) in [7, 11) is 0. The van der Waals surface area contributed by atoms with E-state index < -0.39 is 0 Å². The SMILES string of the molecule is [N-]=[N+]=NOF. The van der Waals surface area contributed by atoms with E-state index in [1.807, 2.05) is 10.2 Å². The number of azide groups is 1. The van der Waals surface area contributed by atoms with Gasteiger partial charge in [-0.3, -0.25) is 0 Å². The molecular formula is FN3O. The van der Waals surface area contributed by atoms with Gasteiger partial charge >= 0.3 is 0 Å². The van der Waals surface area contributed by atoms with Crippen molar-refractivity contribution in [2.45, 2.75) is 0 Å². The molecule has 0 rings (SSSR count). The zero-order valence-electron chi connectivity index (χ0n) is 2.13. The zero-order valence-corrected chi connectivity index (χ0v) is 2.13. The molecule has 0 spiro atoms. The van der Waals surface area contributed by atoms with Gasteiger partial charge in [0.25, 0.3) is 0 Å². The fourth-order valence-electron chi connectivity index (χ4n) is 0.0138. The Morgan fingerprint density at radius 3 is 2.60 bits per heavy atom. The molecule has 0 fully saturated rings. The monoisotopic (exact) mass is 77.0 g/mol. The number of rotatable bonds is 1. The van der Waals surface area contributed by atoms with Gasteiger partial charge in [0, 0.05) is 9.44 Å². The lowest BCUT2D eigenvalue weighted by atomic mass is 12.9. The van der Waals surface area contributed by atoms with Crippen LogP contribution >= 0.6 is 0 Å². The predicted octanol–water partition coefficient (Wildman–Crippen LogP) is 1.11. The molecule has 0 aromatic rings. The van der Waals surface area contributed by atoms with Crippen molar-refractivity contribution in [1.29, 1.82) is 0 Å². The summed E-state index contributed by atoms with van der Waals surface area (Å²) in [5.41, 5.74) is 7.16. The summed E-state index contributed by atoms with van der Waals surface area (Å²) < 4.78 is 10.1. The fourth-order valence-corrected chi connectivity index (χ4v) is 0.0138. The van der Waals surface area contributed by atoms with Crippen LogP contribution < -0.4 is 0 Å². The highest BCUT2D eigenvalue weighted by Gasteiger charge is 1.52. The van der Waals surface area contributed by atoms with Gasteiger partial charge in [-0.2, -0.15) is 0 Å². The Balaban J connectivity index is 2.93. The number of hydrogen-bond donors (Lipinski definition) is 0. The summed E-state index contributed by atoms with van der Waals surface area (Å²) in [6.07, 6.45) is 0. The molecule has 0 aliphatic heterocycles. The third-order valence-electron chi connectivity index (χ3n) is 0.0674. The van der Waals surface area contributed by atoms with Crippen LogP contribution in [-0.2, 0) is 5.04 Å². The maximum absolute atomic E-state index is 10.1. The standard InChI is InChI=1S/FN3O/c1-5-4-3-2. The third-order valence-corrected chi connectivity index (χ3v) is 0.0674. The molecule has 0 unspecified atom stereocenters. The highest BCUT2D eigenvalue weighted by Crippen LogP contribution is 1.69. The molecule has 0 heterocycles. The van der Waals surface area contributed by atoms with Gasteiger partial charge in [0.15, 0.2) is 0 Å². The molecule has 0 saturated carbocycles. The van der Waals surface area contributed by atoms with Crippen molar-refractivity contribution >= 4 is 0 Å². The number of nitrogens with zero attached hydrogens (tertiary/aromatic N) is 3.